The van der Waals surface area contributed by atoms with Gasteiger partial charge in [0, 0.05) is 31.6 Å². The van der Waals surface area contributed by atoms with Crippen LogP contribution < -0.4 is 5.32 Å². The SMILES string of the molecule is CCOCCCNC(C)c1cnccc1C. The predicted molar refractivity (Wildman–Crippen MR) is 66.5 cm³/mol. The Kier molecular flexibility index (Phi) is 6.04. The summed E-state index contributed by atoms with van der Waals surface area (Å²) in [6.07, 6.45) is 4.83. The summed E-state index contributed by atoms with van der Waals surface area (Å²) in [6.45, 7) is 8.93. The van der Waals surface area contributed by atoms with E-state index < -0.39 is 0 Å². The molecule has 0 saturated heterocycles. The van der Waals surface area contributed by atoms with E-state index >= 15 is 0 Å². The molecule has 1 aromatic rings. The first-order valence-corrected chi connectivity index (χ1v) is 5.97. The predicted octanol–water partition coefficient (Wildman–Crippen LogP) is 2.47. The zero-order valence-corrected chi connectivity index (χ0v) is 10.5. The summed E-state index contributed by atoms with van der Waals surface area (Å²) in [5.41, 5.74) is 2.57. The zero-order chi connectivity index (χ0) is 11.8. The van der Waals surface area contributed by atoms with E-state index in [1.165, 1.54) is 11.1 Å². The van der Waals surface area contributed by atoms with Crippen LogP contribution in [0, 0.1) is 6.92 Å². The monoisotopic (exact) mass is 222 g/mol. The number of rotatable bonds is 7. The first-order valence-electron chi connectivity index (χ1n) is 5.97. The molecule has 0 aliphatic carbocycles. The highest BCUT2D eigenvalue weighted by atomic mass is 16.5. The highest BCUT2D eigenvalue weighted by Gasteiger charge is 2.06. The molecule has 0 aliphatic rings. The number of aryl methyl sites for hydroxylation is 1. The molecule has 1 atom stereocenters. The molecule has 3 nitrogen and oxygen atoms in total. The van der Waals surface area contributed by atoms with Crippen LogP contribution in [0.5, 0.6) is 0 Å². The number of nitrogens with one attached hydrogen (secondary N) is 1. The molecule has 0 aliphatic heterocycles. The average molecular weight is 222 g/mol. The Balaban J connectivity index is 2.30. The zero-order valence-electron chi connectivity index (χ0n) is 10.5. The van der Waals surface area contributed by atoms with Crippen molar-refractivity contribution in [3.05, 3.63) is 29.6 Å². The average Bonchev–Trinajstić information content (AvgIpc) is 2.29. The van der Waals surface area contributed by atoms with Gasteiger partial charge in [0.25, 0.3) is 0 Å². The van der Waals surface area contributed by atoms with Crippen molar-refractivity contribution in [2.45, 2.75) is 33.2 Å². The van der Waals surface area contributed by atoms with E-state index in [1.54, 1.807) is 0 Å². The Morgan fingerprint density at radius 1 is 1.50 bits per heavy atom. The summed E-state index contributed by atoms with van der Waals surface area (Å²) in [6, 6.07) is 2.41. The van der Waals surface area contributed by atoms with Crippen molar-refractivity contribution in [3.63, 3.8) is 0 Å². The fraction of sp³-hybridized carbons (Fsp3) is 0.615. The van der Waals surface area contributed by atoms with E-state index in [4.69, 9.17) is 4.74 Å². The third-order valence-corrected chi connectivity index (χ3v) is 2.67. The van der Waals surface area contributed by atoms with Crippen molar-refractivity contribution in [2.24, 2.45) is 0 Å². The van der Waals surface area contributed by atoms with E-state index in [0.29, 0.717) is 6.04 Å². The van der Waals surface area contributed by atoms with E-state index in [1.807, 2.05) is 25.4 Å². The van der Waals surface area contributed by atoms with E-state index in [2.05, 4.69) is 24.1 Å². The van der Waals surface area contributed by atoms with Crippen LogP contribution >= 0.6 is 0 Å². The molecule has 1 unspecified atom stereocenters. The van der Waals surface area contributed by atoms with Crippen molar-refractivity contribution >= 4 is 0 Å². The molecule has 0 radical (unpaired) electrons. The van der Waals surface area contributed by atoms with Gasteiger partial charge in [-0.3, -0.25) is 4.98 Å². The molecule has 0 spiro atoms. The van der Waals surface area contributed by atoms with Gasteiger partial charge in [0.1, 0.15) is 0 Å². The van der Waals surface area contributed by atoms with Crippen molar-refractivity contribution in [2.75, 3.05) is 19.8 Å². The summed E-state index contributed by atoms with van der Waals surface area (Å²) in [4.78, 5) is 4.16. The molecule has 1 rings (SSSR count). The number of hydrogen-bond acceptors (Lipinski definition) is 3. The normalized spacial score (nSPS) is 12.7. The van der Waals surface area contributed by atoms with Gasteiger partial charge in [-0.15, -0.1) is 0 Å². The lowest BCUT2D eigenvalue weighted by Gasteiger charge is -2.15. The quantitative estimate of drug-likeness (QED) is 0.720. The third-order valence-electron chi connectivity index (χ3n) is 2.67. The maximum Gasteiger partial charge on any atom is 0.0477 e. The van der Waals surface area contributed by atoms with Crippen molar-refractivity contribution in [1.82, 2.24) is 10.3 Å². The molecule has 1 N–H and O–H groups in total. The lowest BCUT2D eigenvalue weighted by atomic mass is 10.1. The molecule has 0 fully saturated rings. The molecule has 0 amide bonds. The van der Waals surface area contributed by atoms with Crippen LogP contribution in [0.25, 0.3) is 0 Å². The fourth-order valence-electron chi connectivity index (χ4n) is 1.68. The molecule has 16 heavy (non-hydrogen) atoms. The Morgan fingerprint density at radius 3 is 3.00 bits per heavy atom. The number of pyridine rings is 1. The minimum atomic E-state index is 0.357. The highest BCUT2D eigenvalue weighted by Crippen LogP contribution is 2.14. The lowest BCUT2D eigenvalue weighted by Crippen LogP contribution is -2.21. The summed E-state index contributed by atoms with van der Waals surface area (Å²) in [5, 5.41) is 3.48. The van der Waals surface area contributed by atoms with E-state index in [-0.39, 0.29) is 0 Å². The van der Waals surface area contributed by atoms with Crippen LogP contribution in [-0.4, -0.2) is 24.7 Å². The smallest absolute Gasteiger partial charge is 0.0477 e. The summed E-state index contributed by atoms with van der Waals surface area (Å²) >= 11 is 0. The minimum absolute atomic E-state index is 0.357. The van der Waals surface area contributed by atoms with Gasteiger partial charge in [-0.2, -0.15) is 0 Å². The van der Waals surface area contributed by atoms with Gasteiger partial charge < -0.3 is 10.1 Å². The summed E-state index contributed by atoms with van der Waals surface area (Å²) in [7, 11) is 0. The largest absolute Gasteiger partial charge is 0.382 e. The summed E-state index contributed by atoms with van der Waals surface area (Å²) < 4.78 is 5.29. The number of nitrogens with zero attached hydrogens (tertiary/aromatic N) is 1. The molecule has 90 valence electrons. The fourth-order valence-corrected chi connectivity index (χ4v) is 1.68. The Morgan fingerprint density at radius 2 is 2.31 bits per heavy atom. The van der Waals surface area contributed by atoms with Gasteiger partial charge in [-0.1, -0.05) is 0 Å². The van der Waals surface area contributed by atoms with Gasteiger partial charge in [0.05, 0.1) is 0 Å². The van der Waals surface area contributed by atoms with Crippen LogP contribution in [0.4, 0.5) is 0 Å². The Bertz CT molecular complexity index is 302. The van der Waals surface area contributed by atoms with Crippen LogP contribution in [0.15, 0.2) is 18.5 Å². The van der Waals surface area contributed by atoms with Crippen LogP contribution in [0.2, 0.25) is 0 Å². The topological polar surface area (TPSA) is 34.1 Å². The number of ether oxygens (including phenoxy) is 1. The Labute approximate surface area is 98.2 Å². The van der Waals surface area contributed by atoms with Crippen LogP contribution in [0.1, 0.15) is 37.4 Å². The molecule has 1 heterocycles. The molecule has 0 aromatic carbocycles. The van der Waals surface area contributed by atoms with Crippen LogP contribution in [0.3, 0.4) is 0 Å². The second-order valence-corrected chi connectivity index (χ2v) is 3.96. The van der Waals surface area contributed by atoms with Crippen molar-refractivity contribution in [1.29, 1.82) is 0 Å². The number of aromatic nitrogens is 1. The first kappa shape index (κ1) is 13.1. The molecular formula is C13H22N2O. The highest BCUT2D eigenvalue weighted by molar-refractivity contribution is 5.24. The molecule has 0 saturated carbocycles. The van der Waals surface area contributed by atoms with E-state index in [0.717, 1.165) is 26.2 Å². The molecule has 1 aromatic heterocycles. The lowest BCUT2D eigenvalue weighted by molar-refractivity contribution is 0.144. The maximum absolute atomic E-state index is 5.29. The minimum Gasteiger partial charge on any atom is -0.382 e. The van der Waals surface area contributed by atoms with Gasteiger partial charge >= 0.3 is 0 Å². The molecular weight excluding hydrogens is 200 g/mol. The van der Waals surface area contributed by atoms with Crippen molar-refractivity contribution < 1.29 is 4.74 Å². The standard InChI is InChI=1S/C13H22N2O/c1-4-16-9-5-7-15-12(3)13-10-14-8-6-11(13)2/h6,8,10,12,15H,4-5,7,9H2,1-3H3. The van der Waals surface area contributed by atoms with Gasteiger partial charge in [0.15, 0.2) is 0 Å². The third kappa shape index (κ3) is 4.29. The molecule has 3 heteroatoms. The first-order chi connectivity index (χ1) is 7.75. The van der Waals surface area contributed by atoms with Crippen molar-refractivity contribution in [3.8, 4) is 0 Å². The molecule has 0 bridgehead atoms. The van der Waals surface area contributed by atoms with Gasteiger partial charge in [-0.25, -0.2) is 0 Å². The maximum atomic E-state index is 5.29. The van der Waals surface area contributed by atoms with E-state index in [9.17, 15) is 0 Å². The van der Waals surface area contributed by atoms with Gasteiger partial charge in [0.2, 0.25) is 0 Å². The number of hydrogen-bond donors (Lipinski definition) is 1. The van der Waals surface area contributed by atoms with Gasteiger partial charge in [-0.05, 0) is 50.9 Å². The second-order valence-electron chi connectivity index (χ2n) is 3.96. The Hall–Kier alpha value is -0.930. The summed E-state index contributed by atoms with van der Waals surface area (Å²) in [5.74, 6) is 0. The van der Waals surface area contributed by atoms with Crippen LogP contribution in [-0.2, 0) is 4.74 Å². The second kappa shape index (κ2) is 7.36.